The van der Waals surface area contributed by atoms with E-state index < -0.39 is 6.09 Å². The van der Waals surface area contributed by atoms with Crippen molar-refractivity contribution in [3.63, 3.8) is 0 Å². The number of ether oxygens (including phenoxy) is 1. The second-order valence-electron chi connectivity index (χ2n) is 7.62. The van der Waals surface area contributed by atoms with Crippen LogP contribution in [0.4, 0.5) is 10.7 Å². The molecule has 0 bridgehead atoms. The van der Waals surface area contributed by atoms with Crippen LogP contribution in [0.1, 0.15) is 42.2 Å². The summed E-state index contributed by atoms with van der Waals surface area (Å²) in [6.07, 6.45) is 6.31. The van der Waals surface area contributed by atoms with Crippen molar-refractivity contribution in [2.75, 3.05) is 11.9 Å². The van der Waals surface area contributed by atoms with Crippen LogP contribution < -0.4 is 10.6 Å². The van der Waals surface area contributed by atoms with Crippen LogP contribution in [0.3, 0.4) is 0 Å². The summed E-state index contributed by atoms with van der Waals surface area (Å²) in [5.74, 6) is -0.359. The Labute approximate surface area is 187 Å². The molecule has 33 heavy (non-hydrogen) atoms. The highest BCUT2D eigenvalue weighted by atomic mass is 16.5. The number of amides is 3. The van der Waals surface area contributed by atoms with E-state index in [0.717, 1.165) is 12.8 Å². The molecule has 168 valence electrons. The quantitative estimate of drug-likeness (QED) is 0.526. The molecule has 12 heteroatoms. The van der Waals surface area contributed by atoms with Crippen molar-refractivity contribution in [1.82, 2.24) is 24.8 Å². The molecular formula is C21H20N8O4. The van der Waals surface area contributed by atoms with E-state index in [-0.39, 0.29) is 36.8 Å². The molecule has 0 spiro atoms. The van der Waals surface area contributed by atoms with E-state index in [2.05, 4.69) is 35.8 Å². The highest BCUT2D eigenvalue weighted by Gasteiger charge is 2.25. The molecule has 3 amide bonds. The van der Waals surface area contributed by atoms with Crippen LogP contribution in [-0.4, -0.2) is 50.1 Å². The molecule has 1 saturated carbocycles. The fourth-order valence-electron chi connectivity index (χ4n) is 3.38. The molecule has 0 radical (unpaired) electrons. The van der Waals surface area contributed by atoms with Crippen LogP contribution in [-0.2, 0) is 9.53 Å². The first-order chi connectivity index (χ1) is 16.0. The van der Waals surface area contributed by atoms with Crippen LogP contribution in [0.2, 0.25) is 0 Å². The van der Waals surface area contributed by atoms with Gasteiger partial charge in [-0.15, -0.1) is 10.2 Å². The van der Waals surface area contributed by atoms with Crippen molar-refractivity contribution in [1.29, 1.82) is 0 Å². The largest absolute Gasteiger partial charge is 0.450 e. The zero-order chi connectivity index (χ0) is 22.9. The number of anilines is 1. The van der Waals surface area contributed by atoms with Gasteiger partial charge in [-0.3, -0.25) is 14.9 Å². The molecule has 2 aliphatic rings. The van der Waals surface area contributed by atoms with Gasteiger partial charge in [0.25, 0.3) is 11.8 Å². The van der Waals surface area contributed by atoms with Crippen molar-refractivity contribution in [3.05, 3.63) is 42.0 Å². The number of hydrogen-bond donors (Lipinski definition) is 3. The number of azo groups is 1. The topological polar surface area (TPSA) is 156 Å². The minimum atomic E-state index is -0.638. The molecule has 1 aliphatic carbocycles. The molecule has 5 rings (SSSR count). The lowest BCUT2D eigenvalue weighted by atomic mass is 10.1. The van der Waals surface area contributed by atoms with E-state index in [0.29, 0.717) is 33.7 Å². The predicted octanol–water partition coefficient (Wildman–Crippen LogP) is 2.93. The van der Waals surface area contributed by atoms with Crippen LogP contribution >= 0.6 is 0 Å². The van der Waals surface area contributed by atoms with Gasteiger partial charge in [0.1, 0.15) is 17.5 Å². The normalized spacial score (nSPS) is 15.4. The Bertz CT molecular complexity index is 1330. The Morgan fingerprint density at radius 2 is 2.12 bits per heavy atom. The van der Waals surface area contributed by atoms with E-state index in [9.17, 15) is 14.4 Å². The van der Waals surface area contributed by atoms with Gasteiger partial charge in [0.2, 0.25) is 5.95 Å². The molecule has 1 aromatic carbocycles. The first kappa shape index (κ1) is 20.5. The SMILES string of the molecule is CCOC(=O)Nc1nc2c(C3=CCC(=O)N=N3)cc(-n3cnc(C(=O)NC4CC4)c3)cc2[nH]1. The maximum Gasteiger partial charge on any atom is 0.413 e. The van der Waals surface area contributed by atoms with Crippen molar-refractivity contribution in [3.8, 4) is 5.69 Å². The number of hydrogen-bond acceptors (Lipinski definition) is 7. The molecule has 2 aromatic heterocycles. The number of aromatic amines is 1. The maximum absolute atomic E-state index is 12.3. The number of H-pyrrole nitrogens is 1. The highest BCUT2D eigenvalue weighted by Crippen LogP contribution is 2.31. The standard InChI is InChI=1S/C21H20N8O4/c1-2-33-21(32)26-20-24-15-8-12(29-9-16(22-10-29)19(31)23-11-3-4-11)7-13(18(15)25-20)14-5-6-17(30)28-27-14/h5,7-11H,2-4,6H2,1H3,(H,23,31)(H2,24,25,26,32). The van der Waals surface area contributed by atoms with Crippen molar-refractivity contribution in [2.24, 2.45) is 10.2 Å². The van der Waals surface area contributed by atoms with Crippen LogP contribution in [0.5, 0.6) is 0 Å². The van der Waals surface area contributed by atoms with Gasteiger partial charge in [-0.25, -0.2) is 14.8 Å². The minimum absolute atomic E-state index is 0.124. The van der Waals surface area contributed by atoms with Gasteiger partial charge < -0.3 is 19.6 Å². The molecule has 3 aromatic rings. The number of carbonyl (C=O) groups is 3. The summed E-state index contributed by atoms with van der Waals surface area (Å²) in [5.41, 5.74) is 3.18. The fraction of sp³-hybridized carbons (Fsp3) is 0.286. The first-order valence-electron chi connectivity index (χ1n) is 10.5. The zero-order valence-electron chi connectivity index (χ0n) is 17.7. The summed E-state index contributed by atoms with van der Waals surface area (Å²) in [7, 11) is 0. The van der Waals surface area contributed by atoms with E-state index in [1.807, 2.05) is 6.07 Å². The van der Waals surface area contributed by atoms with Crippen molar-refractivity contribution in [2.45, 2.75) is 32.2 Å². The van der Waals surface area contributed by atoms with Crippen LogP contribution in [0.25, 0.3) is 22.4 Å². The molecule has 3 heterocycles. The van der Waals surface area contributed by atoms with Gasteiger partial charge >= 0.3 is 6.09 Å². The summed E-state index contributed by atoms with van der Waals surface area (Å²) >= 11 is 0. The molecule has 0 atom stereocenters. The van der Waals surface area contributed by atoms with Gasteiger partial charge in [-0.05, 0) is 38.0 Å². The molecule has 3 N–H and O–H groups in total. The Morgan fingerprint density at radius 1 is 1.27 bits per heavy atom. The fourth-order valence-corrected chi connectivity index (χ4v) is 3.38. The smallest absolute Gasteiger partial charge is 0.413 e. The highest BCUT2D eigenvalue weighted by molar-refractivity contribution is 5.96. The minimum Gasteiger partial charge on any atom is -0.450 e. The Balaban J connectivity index is 1.54. The van der Waals surface area contributed by atoms with Gasteiger partial charge in [-0.1, -0.05) is 0 Å². The third-order valence-electron chi connectivity index (χ3n) is 5.11. The Kier molecular flexibility index (Phi) is 5.17. The number of fused-ring (bicyclic) bond motifs is 1. The van der Waals surface area contributed by atoms with Crippen molar-refractivity contribution < 1.29 is 19.1 Å². The van der Waals surface area contributed by atoms with Crippen molar-refractivity contribution >= 4 is 40.6 Å². The second-order valence-corrected chi connectivity index (χ2v) is 7.62. The summed E-state index contributed by atoms with van der Waals surface area (Å²) in [6, 6.07) is 3.84. The van der Waals surface area contributed by atoms with Crippen LogP contribution in [0.15, 0.2) is 41.0 Å². The van der Waals surface area contributed by atoms with Gasteiger partial charge in [-0.2, -0.15) is 0 Å². The summed E-state index contributed by atoms with van der Waals surface area (Å²) in [5, 5.41) is 13.1. The number of aromatic nitrogens is 4. The molecular weight excluding hydrogens is 428 g/mol. The van der Waals surface area contributed by atoms with E-state index in [1.54, 1.807) is 36.2 Å². The predicted molar refractivity (Wildman–Crippen MR) is 117 cm³/mol. The number of nitrogens with zero attached hydrogens (tertiary/aromatic N) is 5. The number of rotatable bonds is 6. The molecule has 1 fully saturated rings. The van der Waals surface area contributed by atoms with Gasteiger partial charge in [0.15, 0.2) is 0 Å². The van der Waals surface area contributed by atoms with E-state index in [1.165, 1.54) is 0 Å². The lowest BCUT2D eigenvalue weighted by Gasteiger charge is -2.09. The summed E-state index contributed by atoms with van der Waals surface area (Å²) in [4.78, 5) is 47.4. The third-order valence-corrected chi connectivity index (χ3v) is 5.11. The Hall–Kier alpha value is -4.35. The third kappa shape index (κ3) is 4.35. The van der Waals surface area contributed by atoms with Crippen LogP contribution in [0, 0.1) is 0 Å². The van der Waals surface area contributed by atoms with Gasteiger partial charge in [0.05, 0.1) is 24.2 Å². The molecule has 12 nitrogen and oxygen atoms in total. The number of benzene rings is 1. The lowest BCUT2D eigenvalue weighted by Crippen LogP contribution is -2.25. The average molecular weight is 448 g/mol. The number of imidazole rings is 2. The number of nitrogens with one attached hydrogen (secondary N) is 3. The Morgan fingerprint density at radius 3 is 2.85 bits per heavy atom. The molecule has 0 unspecified atom stereocenters. The monoisotopic (exact) mass is 448 g/mol. The molecule has 1 aliphatic heterocycles. The van der Waals surface area contributed by atoms with Gasteiger partial charge in [0, 0.05) is 23.5 Å². The number of carbonyl (C=O) groups excluding carboxylic acids is 3. The lowest BCUT2D eigenvalue weighted by molar-refractivity contribution is -0.117. The second kappa shape index (κ2) is 8.30. The zero-order valence-corrected chi connectivity index (χ0v) is 17.7. The summed E-state index contributed by atoms with van der Waals surface area (Å²) < 4.78 is 6.61. The summed E-state index contributed by atoms with van der Waals surface area (Å²) in [6.45, 7) is 1.93. The van der Waals surface area contributed by atoms with E-state index in [4.69, 9.17) is 4.74 Å². The molecule has 0 saturated heterocycles. The first-order valence-corrected chi connectivity index (χ1v) is 10.5. The van der Waals surface area contributed by atoms with E-state index >= 15 is 0 Å². The average Bonchev–Trinajstić information content (AvgIpc) is 3.30. The maximum atomic E-state index is 12.3.